The summed E-state index contributed by atoms with van der Waals surface area (Å²) in [5, 5.41) is 32.0. The van der Waals surface area contributed by atoms with E-state index in [0.717, 1.165) is 167 Å². The normalized spacial score (nSPS) is 17.0. The van der Waals surface area contributed by atoms with Crippen LogP contribution < -0.4 is 21.3 Å². The molecule has 0 bridgehead atoms. The standard InChI is InChI=1S/C85H160N4O22P2/c1-9-15-21-27-30-33-36-42-48-54-76(109-80(95)56-50-44-38-35-32-29-23-17-11-3)66-78(93)89-72(68-103-62-58-74(91)52-46-40-25-19-13-5)70-107-113(100,101)105-64-60-87-84(97)82-81(110-85(7,8)111-82)83(96)86-59-63-104-112(98,99)106-69-71(67-102-61-57-73(90)51-45-39-24-18-12-4)88-77(92)65-75(53-47-41-26-20-14-6)108-79(94)55-49-43-37-34-31-28-22-16-10-2/h34-35,37-38,71-76,81-82,90-91H,9-33,36,39-70H2,1-8H3,(H,86,96)(H,87,97)(H,88,92)(H,89,93)(H,98,99)(H,100,101)/t71?,72?,73-,74-,75-,76-,81?,82?/m1/s1. The van der Waals surface area contributed by atoms with Crippen LogP contribution in [0.15, 0.2) is 24.3 Å². The fraction of sp³-hybridized carbons (Fsp3) is 0.882. The number of phosphoric acid groups is 2. The maximum atomic E-state index is 13.9. The zero-order valence-electron chi connectivity index (χ0n) is 71.5. The lowest BCUT2D eigenvalue weighted by Crippen LogP contribution is -2.48. The van der Waals surface area contributed by atoms with Crippen molar-refractivity contribution in [3.63, 3.8) is 0 Å². The molecule has 0 aliphatic carbocycles. The minimum atomic E-state index is -4.88. The Hall–Kier alpha value is -3.72. The summed E-state index contributed by atoms with van der Waals surface area (Å²) in [5.74, 6) is -4.90. The number of allylic oxidation sites excluding steroid dienone is 4. The first-order valence-corrected chi connectivity index (χ1v) is 47.3. The van der Waals surface area contributed by atoms with Gasteiger partial charge in [0.1, 0.15) is 12.2 Å². The quantitative estimate of drug-likeness (QED) is 0.0121. The molecule has 0 radical (unpaired) electrons. The molecule has 1 rings (SSSR count). The van der Waals surface area contributed by atoms with E-state index in [1.54, 1.807) is 0 Å². The van der Waals surface area contributed by atoms with E-state index in [1.807, 2.05) is 0 Å². The van der Waals surface area contributed by atoms with E-state index in [-0.39, 0.29) is 71.2 Å². The maximum absolute atomic E-state index is 13.9. The average molecular weight is 1650 g/mol. The third-order valence-electron chi connectivity index (χ3n) is 19.6. The number of amides is 4. The number of hydrogen-bond acceptors (Lipinski definition) is 20. The van der Waals surface area contributed by atoms with E-state index in [9.17, 15) is 57.9 Å². The van der Waals surface area contributed by atoms with Crippen LogP contribution in [0.1, 0.15) is 364 Å². The Kier molecular flexibility index (Phi) is 67.6. The van der Waals surface area contributed by atoms with E-state index >= 15 is 0 Å². The molecule has 10 atom stereocenters. The van der Waals surface area contributed by atoms with Gasteiger partial charge in [-0.25, -0.2) is 9.13 Å². The van der Waals surface area contributed by atoms with Gasteiger partial charge in [0.2, 0.25) is 11.8 Å². The van der Waals surface area contributed by atoms with E-state index in [2.05, 4.69) is 87.1 Å². The maximum Gasteiger partial charge on any atom is 0.472 e. The smallest absolute Gasteiger partial charge is 0.462 e. The van der Waals surface area contributed by atoms with Gasteiger partial charge in [-0.1, -0.05) is 246 Å². The molecule has 1 heterocycles. The highest BCUT2D eigenvalue weighted by Crippen LogP contribution is 2.44. The molecule has 113 heavy (non-hydrogen) atoms. The van der Waals surface area contributed by atoms with Crippen LogP contribution in [-0.4, -0.2) is 176 Å². The van der Waals surface area contributed by atoms with Gasteiger partial charge in [-0.2, -0.15) is 0 Å². The summed E-state index contributed by atoms with van der Waals surface area (Å²) in [5.41, 5.74) is 0. The number of aliphatic hydroxyl groups is 2. The van der Waals surface area contributed by atoms with Gasteiger partial charge in [0.15, 0.2) is 18.0 Å². The highest BCUT2D eigenvalue weighted by Gasteiger charge is 2.49. The zero-order valence-corrected chi connectivity index (χ0v) is 73.3. The molecule has 1 saturated heterocycles. The first-order valence-electron chi connectivity index (χ1n) is 44.4. The van der Waals surface area contributed by atoms with Crippen LogP contribution in [0.3, 0.4) is 0 Å². The van der Waals surface area contributed by atoms with Crippen molar-refractivity contribution in [3.05, 3.63) is 24.3 Å². The molecular formula is C85H160N4O22P2. The monoisotopic (exact) mass is 1650 g/mol. The number of carbonyl (C=O) groups is 6. The number of nitrogens with one attached hydrogen (secondary N) is 4. The molecule has 1 fully saturated rings. The summed E-state index contributed by atoms with van der Waals surface area (Å²) in [4.78, 5) is 103. The third kappa shape index (κ3) is 64.0. The zero-order chi connectivity index (χ0) is 83.3. The molecule has 4 amide bonds. The molecule has 662 valence electrons. The van der Waals surface area contributed by atoms with E-state index < -0.39 is 126 Å². The predicted molar refractivity (Wildman–Crippen MR) is 445 cm³/mol. The lowest BCUT2D eigenvalue weighted by atomic mass is 10.0. The molecule has 28 heteroatoms. The Balaban J connectivity index is 3.08. The number of ether oxygens (including phenoxy) is 6. The van der Waals surface area contributed by atoms with Crippen molar-refractivity contribution in [2.24, 2.45) is 0 Å². The lowest BCUT2D eigenvalue weighted by molar-refractivity contribution is -0.159. The summed E-state index contributed by atoms with van der Waals surface area (Å²) in [6, 6.07) is -1.97. The topological polar surface area (TPSA) is 358 Å². The fourth-order valence-electron chi connectivity index (χ4n) is 13.0. The van der Waals surface area contributed by atoms with Gasteiger partial charge in [0.05, 0.1) is 76.8 Å². The summed E-state index contributed by atoms with van der Waals surface area (Å²) in [6.07, 6.45) is 45.0. The molecule has 0 spiro atoms. The Bertz CT molecular complexity index is 2550. The van der Waals surface area contributed by atoms with E-state index in [1.165, 1.54) is 78.1 Å². The van der Waals surface area contributed by atoms with Crippen molar-refractivity contribution in [2.45, 2.75) is 418 Å². The second-order valence-electron chi connectivity index (χ2n) is 31.1. The number of phosphoric ester groups is 2. The summed E-state index contributed by atoms with van der Waals surface area (Å²) < 4.78 is 83.2. The second-order valence-corrected chi connectivity index (χ2v) is 34.0. The van der Waals surface area contributed by atoms with Crippen molar-refractivity contribution in [2.75, 3.05) is 65.9 Å². The van der Waals surface area contributed by atoms with Crippen LogP contribution >= 0.6 is 15.6 Å². The predicted octanol–water partition coefficient (Wildman–Crippen LogP) is 17.5. The molecule has 1 aliphatic heterocycles. The highest BCUT2D eigenvalue weighted by atomic mass is 31.2. The Morgan fingerprint density at radius 3 is 1.03 bits per heavy atom. The fourth-order valence-corrected chi connectivity index (χ4v) is 14.5. The second kappa shape index (κ2) is 71.2. The van der Waals surface area contributed by atoms with Gasteiger partial charge in [-0.3, -0.25) is 46.9 Å². The number of hydrogen-bond donors (Lipinski definition) is 8. The van der Waals surface area contributed by atoms with Crippen molar-refractivity contribution in [1.29, 1.82) is 0 Å². The number of aliphatic hydroxyl groups excluding tert-OH is 2. The third-order valence-corrected chi connectivity index (χ3v) is 21.6. The molecule has 26 nitrogen and oxygen atoms in total. The lowest BCUT2D eigenvalue weighted by Gasteiger charge is -2.23. The van der Waals surface area contributed by atoms with Crippen LogP contribution in [0, 0.1) is 0 Å². The first-order chi connectivity index (χ1) is 54.4. The van der Waals surface area contributed by atoms with Crippen molar-refractivity contribution >= 4 is 51.2 Å². The van der Waals surface area contributed by atoms with Crippen LogP contribution in [0.4, 0.5) is 0 Å². The molecule has 0 aromatic heterocycles. The minimum Gasteiger partial charge on any atom is -0.462 e. The van der Waals surface area contributed by atoms with Gasteiger partial charge in [-0.15, -0.1) is 0 Å². The number of esters is 2. The molecule has 8 N–H and O–H groups in total. The summed E-state index contributed by atoms with van der Waals surface area (Å²) in [7, 11) is -9.75. The highest BCUT2D eigenvalue weighted by molar-refractivity contribution is 7.47. The van der Waals surface area contributed by atoms with Gasteiger partial charge >= 0.3 is 27.6 Å². The Labute approximate surface area is 682 Å². The largest absolute Gasteiger partial charge is 0.472 e. The Morgan fingerprint density at radius 1 is 0.389 bits per heavy atom. The van der Waals surface area contributed by atoms with Gasteiger partial charge in [-0.05, 0) is 117 Å². The van der Waals surface area contributed by atoms with Crippen molar-refractivity contribution < 1.29 is 104 Å². The van der Waals surface area contributed by atoms with Crippen LogP contribution in [0.25, 0.3) is 0 Å². The van der Waals surface area contributed by atoms with Crippen molar-refractivity contribution in [1.82, 2.24) is 21.3 Å². The van der Waals surface area contributed by atoms with Crippen LogP contribution in [0.2, 0.25) is 0 Å². The van der Waals surface area contributed by atoms with Gasteiger partial charge < -0.3 is 69.7 Å². The number of rotatable bonds is 80. The molecular weight excluding hydrogens is 1490 g/mol. The molecule has 0 aromatic carbocycles. The summed E-state index contributed by atoms with van der Waals surface area (Å²) >= 11 is 0. The van der Waals surface area contributed by atoms with Crippen molar-refractivity contribution in [3.8, 4) is 0 Å². The molecule has 0 saturated carbocycles. The summed E-state index contributed by atoms with van der Waals surface area (Å²) in [6.45, 7) is 12.9. The molecule has 1 aliphatic rings. The van der Waals surface area contributed by atoms with E-state index in [0.29, 0.717) is 51.4 Å². The van der Waals surface area contributed by atoms with Crippen LogP contribution in [-0.2, 0) is 84.4 Å². The molecule has 0 aromatic rings. The first kappa shape index (κ1) is 107. The Morgan fingerprint density at radius 2 is 0.690 bits per heavy atom. The van der Waals surface area contributed by atoms with Gasteiger partial charge in [0.25, 0.3) is 11.8 Å². The SMILES string of the molecule is CCCCCCC=CCCCC(=O)O[C@H](CCCCCCC)CC(=O)NC(COCC[C@H](O)CCCCCCC)COP(=O)(O)OCCNC(=O)C1OC(C)(C)OC1C(=O)NCCOP(=O)(O)OCC(COCC[C@H](O)CCCCCCC)NC(=O)C[C@@H](CCCCCCCCCCC)OC(=O)CCCC=CCCCCCC. The average Bonchev–Trinajstić information content (AvgIpc) is 1.66. The number of unbranched alkanes of at least 4 members (excludes halogenated alkanes) is 30. The van der Waals surface area contributed by atoms with Crippen LogP contribution in [0.5, 0.6) is 0 Å². The minimum absolute atomic E-state index is 0.132. The van der Waals surface area contributed by atoms with Gasteiger partial charge in [0, 0.05) is 39.1 Å². The van der Waals surface area contributed by atoms with E-state index in [4.69, 9.17) is 46.5 Å². The molecule has 6 unspecified atom stereocenters. The number of carbonyl (C=O) groups excluding carboxylic acids is 6.